The van der Waals surface area contributed by atoms with Crippen molar-refractivity contribution in [2.24, 2.45) is 0 Å². The number of likely N-dealkylation sites (N-methyl/N-ethyl adjacent to an activating group) is 1. The van der Waals surface area contributed by atoms with Crippen LogP contribution < -0.4 is 0 Å². The maximum absolute atomic E-state index is 6.28. The van der Waals surface area contributed by atoms with Gasteiger partial charge in [0.2, 0.25) is 0 Å². The Kier molecular flexibility index (Phi) is 28.8. The van der Waals surface area contributed by atoms with Gasteiger partial charge < -0.3 is 14.0 Å². The number of hydrogen-bond acceptors (Lipinski definition) is 2. The number of nitrogens with zero attached hydrogens (tertiary/aromatic N) is 1. The predicted molar refractivity (Wildman–Crippen MR) is 166 cm³/mol. The molecule has 0 aliphatic heterocycles. The number of rotatable bonds is 31. The van der Waals surface area contributed by atoms with E-state index in [1.54, 1.807) is 0 Å². The van der Waals surface area contributed by atoms with Gasteiger partial charge in [-0.05, 0) is 12.8 Å². The van der Waals surface area contributed by atoms with Gasteiger partial charge in [-0.2, -0.15) is 0 Å². The third-order valence-electron chi connectivity index (χ3n) is 7.55. The predicted octanol–water partition coefficient (Wildman–Crippen LogP) is 10.5. The zero-order valence-corrected chi connectivity index (χ0v) is 26.6. The molecular formula is C34H72NO2+. The molecule has 0 saturated heterocycles. The summed E-state index contributed by atoms with van der Waals surface area (Å²) in [7, 11) is 6.77. The van der Waals surface area contributed by atoms with Crippen molar-refractivity contribution in [2.45, 2.75) is 174 Å². The van der Waals surface area contributed by atoms with Crippen molar-refractivity contribution in [2.75, 3.05) is 47.5 Å². The van der Waals surface area contributed by atoms with Crippen LogP contribution in [-0.4, -0.2) is 58.1 Å². The van der Waals surface area contributed by atoms with Crippen LogP contribution in [0.2, 0.25) is 0 Å². The van der Waals surface area contributed by atoms with E-state index in [2.05, 4.69) is 35.0 Å². The molecule has 0 bridgehead atoms. The molecule has 0 heterocycles. The first-order valence-corrected chi connectivity index (χ1v) is 17.0. The van der Waals surface area contributed by atoms with E-state index in [9.17, 15) is 0 Å². The number of quaternary nitrogens is 1. The van der Waals surface area contributed by atoms with E-state index in [0.717, 1.165) is 30.8 Å². The SMILES string of the molecule is CCCCCCCCCCCCCCOC[C@@H](C[N+](C)(C)C)OCCCCCCCCCCCCCC. The fraction of sp³-hybridized carbons (Fsp3) is 1.00. The second-order valence-electron chi connectivity index (χ2n) is 12.8. The average molecular weight is 527 g/mol. The minimum Gasteiger partial charge on any atom is -0.379 e. The van der Waals surface area contributed by atoms with Gasteiger partial charge in [0.1, 0.15) is 12.6 Å². The fourth-order valence-electron chi connectivity index (χ4n) is 5.22. The van der Waals surface area contributed by atoms with Gasteiger partial charge in [-0.1, -0.05) is 155 Å². The molecule has 0 N–H and O–H groups in total. The Labute approximate surface area is 235 Å². The highest BCUT2D eigenvalue weighted by Gasteiger charge is 2.19. The normalized spacial score (nSPS) is 12.9. The van der Waals surface area contributed by atoms with E-state index in [0.29, 0.717) is 0 Å². The maximum Gasteiger partial charge on any atom is 0.130 e. The van der Waals surface area contributed by atoms with Crippen LogP contribution in [0, 0.1) is 0 Å². The highest BCUT2D eigenvalue weighted by molar-refractivity contribution is 4.57. The van der Waals surface area contributed by atoms with Crippen LogP contribution in [0.3, 0.4) is 0 Å². The molecule has 3 nitrogen and oxygen atoms in total. The zero-order valence-electron chi connectivity index (χ0n) is 26.6. The van der Waals surface area contributed by atoms with E-state index in [-0.39, 0.29) is 6.10 Å². The standard InChI is InChI=1S/C34H72NO2/c1-6-8-10-12-14-16-18-20-22-24-26-28-30-36-33-34(32-35(3,4)5)37-31-29-27-25-23-21-19-17-15-13-11-9-7-2/h34H,6-33H2,1-5H3/q+1/t34-/m1/s1. The lowest BCUT2D eigenvalue weighted by atomic mass is 10.1. The number of hydrogen-bond donors (Lipinski definition) is 0. The van der Waals surface area contributed by atoms with Crippen LogP contribution in [0.15, 0.2) is 0 Å². The average Bonchev–Trinajstić information content (AvgIpc) is 2.86. The molecule has 0 amide bonds. The minimum absolute atomic E-state index is 0.227. The topological polar surface area (TPSA) is 18.5 Å². The zero-order chi connectivity index (χ0) is 27.3. The van der Waals surface area contributed by atoms with Crippen LogP contribution in [0.5, 0.6) is 0 Å². The van der Waals surface area contributed by atoms with Gasteiger partial charge >= 0.3 is 0 Å². The summed E-state index contributed by atoms with van der Waals surface area (Å²) in [6, 6.07) is 0. The Bertz CT molecular complexity index is 421. The van der Waals surface area contributed by atoms with Crippen molar-refractivity contribution in [3.05, 3.63) is 0 Å². The van der Waals surface area contributed by atoms with Crippen molar-refractivity contribution in [1.82, 2.24) is 0 Å². The van der Waals surface area contributed by atoms with Crippen LogP contribution in [0.1, 0.15) is 168 Å². The molecule has 0 aromatic carbocycles. The lowest BCUT2D eigenvalue weighted by Crippen LogP contribution is -2.44. The Morgan fingerprint density at radius 1 is 0.432 bits per heavy atom. The first-order chi connectivity index (χ1) is 18.0. The summed E-state index contributed by atoms with van der Waals surface area (Å²) in [5.41, 5.74) is 0. The summed E-state index contributed by atoms with van der Waals surface area (Å²) < 4.78 is 13.3. The summed E-state index contributed by atoms with van der Waals surface area (Å²) in [6.07, 6.45) is 33.6. The smallest absolute Gasteiger partial charge is 0.130 e. The molecule has 0 spiro atoms. The lowest BCUT2D eigenvalue weighted by molar-refractivity contribution is -0.873. The van der Waals surface area contributed by atoms with E-state index in [1.165, 1.54) is 154 Å². The quantitative estimate of drug-likeness (QED) is 0.0660. The van der Waals surface area contributed by atoms with E-state index >= 15 is 0 Å². The van der Waals surface area contributed by atoms with Gasteiger partial charge in [0.05, 0.1) is 27.7 Å². The number of unbranched alkanes of at least 4 members (excludes halogenated alkanes) is 22. The molecule has 0 aromatic heterocycles. The molecule has 0 aromatic rings. The van der Waals surface area contributed by atoms with E-state index < -0.39 is 0 Å². The Morgan fingerprint density at radius 2 is 0.757 bits per heavy atom. The van der Waals surface area contributed by atoms with Crippen LogP contribution >= 0.6 is 0 Å². The van der Waals surface area contributed by atoms with Gasteiger partial charge in [0.25, 0.3) is 0 Å². The third kappa shape index (κ3) is 32.0. The summed E-state index contributed by atoms with van der Waals surface area (Å²) in [5, 5.41) is 0. The molecule has 0 radical (unpaired) electrons. The lowest BCUT2D eigenvalue weighted by Gasteiger charge is -2.29. The van der Waals surface area contributed by atoms with Crippen molar-refractivity contribution in [3.8, 4) is 0 Å². The molecule has 0 aliphatic rings. The molecular weight excluding hydrogens is 454 g/mol. The van der Waals surface area contributed by atoms with Gasteiger partial charge in [0, 0.05) is 13.2 Å². The fourth-order valence-corrected chi connectivity index (χ4v) is 5.22. The van der Waals surface area contributed by atoms with Gasteiger partial charge in [0.15, 0.2) is 0 Å². The van der Waals surface area contributed by atoms with Gasteiger partial charge in [-0.3, -0.25) is 0 Å². The molecule has 0 saturated carbocycles. The Hall–Kier alpha value is -0.120. The third-order valence-corrected chi connectivity index (χ3v) is 7.55. The van der Waals surface area contributed by atoms with Crippen molar-refractivity contribution >= 4 is 0 Å². The first kappa shape index (κ1) is 36.9. The first-order valence-electron chi connectivity index (χ1n) is 17.0. The Morgan fingerprint density at radius 3 is 1.11 bits per heavy atom. The molecule has 1 atom stereocenters. The van der Waals surface area contributed by atoms with Crippen molar-refractivity contribution < 1.29 is 14.0 Å². The largest absolute Gasteiger partial charge is 0.379 e. The maximum atomic E-state index is 6.28. The minimum atomic E-state index is 0.227. The molecule has 224 valence electrons. The highest BCUT2D eigenvalue weighted by Crippen LogP contribution is 2.14. The van der Waals surface area contributed by atoms with Crippen LogP contribution in [0.4, 0.5) is 0 Å². The second kappa shape index (κ2) is 28.9. The van der Waals surface area contributed by atoms with Gasteiger partial charge in [-0.15, -0.1) is 0 Å². The van der Waals surface area contributed by atoms with Crippen LogP contribution in [-0.2, 0) is 9.47 Å². The van der Waals surface area contributed by atoms with E-state index in [1.807, 2.05) is 0 Å². The van der Waals surface area contributed by atoms with Gasteiger partial charge in [-0.25, -0.2) is 0 Å². The number of ether oxygens (including phenoxy) is 2. The summed E-state index contributed by atoms with van der Waals surface area (Å²) in [6.45, 7) is 8.16. The molecule has 3 heteroatoms. The Balaban J connectivity index is 3.61. The second-order valence-corrected chi connectivity index (χ2v) is 12.8. The summed E-state index contributed by atoms with van der Waals surface area (Å²) >= 11 is 0. The highest BCUT2D eigenvalue weighted by atomic mass is 16.5. The van der Waals surface area contributed by atoms with Crippen molar-refractivity contribution in [1.29, 1.82) is 0 Å². The molecule has 0 unspecified atom stereocenters. The summed E-state index contributed by atoms with van der Waals surface area (Å²) in [5.74, 6) is 0. The molecule has 0 rings (SSSR count). The molecule has 0 fully saturated rings. The summed E-state index contributed by atoms with van der Waals surface area (Å²) in [4.78, 5) is 0. The van der Waals surface area contributed by atoms with Crippen molar-refractivity contribution in [3.63, 3.8) is 0 Å². The van der Waals surface area contributed by atoms with Crippen LogP contribution in [0.25, 0.3) is 0 Å². The van der Waals surface area contributed by atoms with E-state index in [4.69, 9.17) is 9.47 Å². The monoisotopic (exact) mass is 527 g/mol. The molecule has 0 aliphatic carbocycles. The molecule has 37 heavy (non-hydrogen) atoms.